The van der Waals surface area contributed by atoms with E-state index in [1.165, 1.54) is 18.6 Å². The first-order chi connectivity index (χ1) is 10.1. The Kier molecular flexibility index (Phi) is 5.44. The normalized spacial score (nSPS) is 17.5. The molecule has 1 amide bonds. The van der Waals surface area contributed by atoms with Crippen LogP contribution in [-0.4, -0.2) is 34.9 Å². The minimum atomic E-state index is -0.450. The minimum absolute atomic E-state index is 0.0141. The molecule has 114 valence electrons. The molecule has 0 spiro atoms. The second kappa shape index (κ2) is 7.31. The summed E-state index contributed by atoms with van der Waals surface area (Å²) in [5.74, 6) is 0.972. The summed E-state index contributed by atoms with van der Waals surface area (Å²) >= 11 is 1.88. The van der Waals surface area contributed by atoms with Crippen molar-refractivity contribution in [2.45, 2.75) is 25.0 Å². The van der Waals surface area contributed by atoms with Crippen molar-refractivity contribution >= 4 is 29.0 Å². The number of thioether (sulfide) groups is 1. The average Bonchev–Trinajstić information content (AvgIpc) is 2.98. The SMILES string of the molecule is CCNc1cc(C(=O)NCC2CCCS2)ccc1[N+](=O)[O-]. The van der Waals surface area contributed by atoms with E-state index in [-0.39, 0.29) is 11.6 Å². The van der Waals surface area contributed by atoms with E-state index in [1.807, 2.05) is 18.7 Å². The number of nitro groups is 1. The summed E-state index contributed by atoms with van der Waals surface area (Å²) in [6.45, 7) is 3.06. The molecule has 0 aliphatic carbocycles. The fourth-order valence-corrected chi connectivity index (χ4v) is 3.48. The number of benzene rings is 1. The Labute approximate surface area is 127 Å². The van der Waals surface area contributed by atoms with Crippen LogP contribution in [0.25, 0.3) is 0 Å². The summed E-state index contributed by atoms with van der Waals surface area (Å²) in [6.07, 6.45) is 2.33. The van der Waals surface area contributed by atoms with Crippen LogP contribution >= 0.6 is 11.8 Å². The van der Waals surface area contributed by atoms with Gasteiger partial charge in [-0.3, -0.25) is 14.9 Å². The van der Waals surface area contributed by atoms with Crippen molar-refractivity contribution < 1.29 is 9.72 Å². The highest BCUT2D eigenvalue weighted by Gasteiger charge is 2.19. The number of amides is 1. The number of hydrogen-bond acceptors (Lipinski definition) is 5. The van der Waals surface area contributed by atoms with Crippen LogP contribution in [0.5, 0.6) is 0 Å². The van der Waals surface area contributed by atoms with Gasteiger partial charge in [-0.15, -0.1) is 0 Å². The molecule has 1 atom stereocenters. The molecule has 2 N–H and O–H groups in total. The van der Waals surface area contributed by atoms with Crippen molar-refractivity contribution in [3.8, 4) is 0 Å². The Hall–Kier alpha value is -1.76. The number of carbonyl (C=O) groups excluding carboxylic acids is 1. The van der Waals surface area contributed by atoms with Crippen molar-refractivity contribution in [2.24, 2.45) is 0 Å². The van der Waals surface area contributed by atoms with Gasteiger partial charge in [0, 0.05) is 30.0 Å². The molecular weight excluding hydrogens is 290 g/mol. The zero-order valence-electron chi connectivity index (χ0n) is 11.9. The van der Waals surface area contributed by atoms with Gasteiger partial charge in [0.15, 0.2) is 0 Å². The van der Waals surface area contributed by atoms with Gasteiger partial charge in [-0.2, -0.15) is 11.8 Å². The lowest BCUT2D eigenvalue weighted by atomic mass is 10.1. The van der Waals surface area contributed by atoms with Gasteiger partial charge in [-0.1, -0.05) is 0 Å². The molecular formula is C14H19N3O3S. The Morgan fingerprint density at radius 3 is 2.95 bits per heavy atom. The number of nitrogens with one attached hydrogen (secondary N) is 2. The predicted octanol–water partition coefficient (Wildman–Crippen LogP) is 2.65. The van der Waals surface area contributed by atoms with Gasteiger partial charge < -0.3 is 10.6 Å². The summed E-state index contributed by atoms with van der Waals surface area (Å²) in [4.78, 5) is 22.6. The van der Waals surface area contributed by atoms with Crippen LogP contribution < -0.4 is 10.6 Å². The molecule has 1 aliphatic heterocycles. The molecule has 1 aliphatic rings. The van der Waals surface area contributed by atoms with E-state index in [2.05, 4.69) is 10.6 Å². The molecule has 21 heavy (non-hydrogen) atoms. The van der Waals surface area contributed by atoms with E-state index >= 15 is 0 Å². The van der Waals surface area contributed by atoms with Crippen LogP contribution in [0, 0.1) is 10.1 Å². The molecule has 6 nitrogen and oxygen atoms in total. The zero-order chi connectivity index (χ0) is 15.2. The van der Waals surface area contributed by atoms with Gasteiger partial charge in [-0.05, 0) is 37.7 Å². The highest BCUT2D eigenvalue weighted by Crippen LogP contribution is 2.26. The van der Waals surface area contributed by atoms with Crippen LogP contribution in [-0.2, 0) is 0 Å². The first kappa shape index (κ1) is 15.6. The molecule has 1 heterocycles. The maximum atomic E-state index is 12.1. The van der Waals surface area contributed by atoms with Gasteiger partial charge in [0.25, 0.3) is 11.6 Å². The maximum absolute atomic E-state index is 12.1. The smallest absolute Gasteiger partial charge is 0.292 e. The highest BCUT2D eigenvalue weighted by atomic mass is 32.2. The van der Waals surface area contributed by atoms with E-state index < -0.39 is 4.92 Å². The molecule has 0 aromatic heterocycles. The number of nitrogens with zero attached hydrogens (tertiary/aromatic N) is 1. The topological polar surface area (TPSA) is 84.3 Å². The van der Waals surface area contributed by atoms with Crippen LogP contribution in [0.1, 0.15) is 30.1 Å². The van der Waals surface area contributed by atoms with Gasteiger partial charge in [-0.25, -0.2) is 0 Å². The molecule has 0 bridgehead atoms. The van der Waals surface area contributed by atoms with E-state index in [4.69, 9.17) is 0 Å². The highest BCUT2D eigenvalue weighted by molar-refractivity contribution is 8.00. The number of carbonyl (C=O) groups is 1. The zero-order valence-corrected chi connectivity index (χ0v) is 12.7. The maximum Gasteiger partial charge on any atom is 0.292 e. The molecule has 2 rings (SSSR count). The van der Waals surface area contributed by atoms with Crippen molar-refractivity contribution in [1.82, 2.24) is 5.32 Å². The summed E-state index contributed by atoms with van der Waals surface area (Å²) < 4.78 is 0. The fourth-order valence-electron chi connectivity index (χ4n) is 2.28. The van der Waals surface area contributed by atoms with Gasteiger partial charge in [0.2, 0.25) is 0 Å². The molecule has 0 saturated carbocycles. The van der Waals surface area contributed by atoms with Gasteiger partial charge in [0.05, 0.1) is 4.92 Å². The van der Waals surface area contributed by atoms with E-state index in [0.29, 0.717) is 29.6 Å². The van der Waals surface area contributed by atoms with Crippen molar-refractivity contribution in [3.05, 3.63) is 33.9 Å². The molecule has 1 aromatic rings. The third-order valence-corrected chi connectivity index (χ3v) is 4.74. The fraction of sp³-hybridized carbons (Fsp3) is 0.500. The van der Waals surface area contributed by atoms with E-state index in [9.17, 15) is 14.9 Å². The lowest BCUT2D eigenvalue weighted by Gasteiger charge is -2.11. The first-order valence-corrected chi connectivity index (χ1v) is 8.08. The van der Waals surface area contributed by atoms with Crippen molar-refractivity contribution in [3.63, 3.8) is 0 Å². The summed E-state index contributed by atoms with van der Waals surface area (Å²) in [5, 5.41) is 17.3. The monoisotopic (exact) mass is 309 g/mol. The molecule has 1 unspecified atom stereocenters. The van der Waals surface area contributed by atoms with E-state index in [1.54, 1.807) is 6.07 Å². The second-order valence-corrected chi connectivity index (χ2v) is 6.27. The predicted molar refractivity (Wildman–Crippen MR) is 85.1 cm³/mol. The molecule has 1 fully saturated rings. The van der Waals surface area contributed by atoms with Crippen LogP contribution in [0.15, 0.2) is 18.2 Å². The summed E-state index contributed by atoms with van der Waals surface area (Å²) in [5.41, 5.74) is 0.810. The van der Waals surface area contributed by atoms with Crippen molar-refractivity contribution in [1.29, 1.82) is 0 Å². The quantitative estimate of drug-likeness (QED) is 0.623. The third-order valence-electron chi connectivity index (χ3n) is 3.34. The average molecular weight is 309 g/mol. The van der Waals surface area contributed by atoms with Crippen LogP contribution in [0.4, 0.5) is 11.4 Å². The minimum Gasteiger partial charge on any atom is -0.380 e. The molecule has 1 saturated heterocycles. The van der Waals surface area contributed by atoms with Crippen LogP contribution in [0.3, 0.4) is 0 Å². The molecule has 7 heteroatoms. The summed E-state index contributed by atoms with van der Waals surface area (Å²) in [7, 11) is 0. The largest absolute Gasteiger partial charge is 0.380 e. The van der Waals surface area contributed by atoms with Gasteiger partial charge >= 0.3 is 0 Å². The first-order valence-electron chi connectivity index (χ1n) is 7.04. The Morgan fingerprint density at radius 2 is 2.33 bits per heavy atom. The van der Waals surface area contributed by atoms with Crippen molar-refractivity contribution in [2.75, 3.05) is 24.2 Å². The number of hydrogen-bond donors (Lipinski definition) is 2. The Balaban J connectivity index is 2.05. The van der Waals surface area contributed by atoms with Crippen LogP contribution in [0.2, 0.25) is 0 Å². The lowest BCUT2D eigenvalue weighted by Crippen LogP contribution is -2.29. The Morgan fingerprint density at radius 1 is 1.52 bits per heavy atom. The Bertz CT molecular complexity index is 530. The standard InChI is InChI=1S/C14H19N3O3S/c1-2-15-12-8-10(5-6-13(12)17(19)20)14(18)16-9-11-4-3-7-21-11/h5-6,8,11,15H,2-4,7,9H2,1H3,(H,16,18). The number of rotatable bonds is 6. The van der Waals surface area contributed by atoms with Gasteiger partial charge in [0.1, 0.15) is 5.69 Å². The lowest BCUT2D eigenvalue weighted by molar-refractivity contribution is -0.384. The molecule has 0 radical (unpaired) electrons. The number of anilines is 1. The summed E-state index contributed by atoms with van der Waals surface area (Å²) in [6, 6.07) is 4.41. The number of nitro benzene ring substituents is 1. The molecule has 1 aromatic carbocycles. The second-order valence-electron chi connectivity index (χ2n) is 4.86. The van der Waals surface area contributed by atoms with E-state index in [0.717, 1.165) is 12.2 Å². The third kappa shape index (κ3) is 4.10.